The summed E-state index contributed by atoms with van der Waals surface area (Å²) in [6.07, 6.45) is 4.03. The summed E-state index contributed by atoms with van der Waals surface area (Å²) in [5, 5.41) is 3.45. The minimum atomic E-state index is 0.335. The zero-order valence-corrected chi connectivity index (χ0v) is 13.1. The second-order valence-electron chi connectivity index (χ2n) is 5.76. The van der Waals surface area contributed by atoms with Crippen molar-refractivity contribution in [2.24, 2.45) is 5.92 Å². The van der Waals surface area contributed by atoms with Crippen molar-refractivity contribution in [2.75, 3.05) is 33.8 Å². The van der Waals surface area contributed by atoms with Crippen LogP contribution in [-0.2, 0) is 0 Å². The minimum Gasteiger partial charge on any atom is -0.496 e. The third-order valence-electron chi connectivity index (χ3n) is 4.48. The molecule has 0 aromatic heterocycles. The van der Waals surface area contributed by atoms with Gasteiger partial charge in [-0.1, -0.05) is 31.5 Å². The van der Waals surface area contributed by atoms with Crippen molar-refractivity contribution in [3.8, 4) is 5.75 Å². The smallest absolute Gasteiger partial charge is 0.123 e. The fourth-order valence-electron chi connectivity index (χ4n) is 3.21. The van der Waals surface area contributed by atoms with Crippen LogP contribution in [0.4, 0.5) is 0 Å². The molecule has 1 fully saturated rings. The summed E-state index contributed by atoms with van der Waals surface area (Å²) in [7, 11) is 3.79. The lowest BCUT2D eigenvalue weighted by Crippen LogP contribution is -2.40. The molecular formula is C17H28N2O. The number of methoxy groups -OCH3 is 1. The second-order valence-corrected chi connectivity index (χ2v) is 5.76. The largest absolute Gasteiger partial charge is 0.496 e. The van der Waals surface area contributed by atoms with Gasteiger partial charge in [-0.2, -0.15) is 0 Å². The van der Waals surface area contributed by atoms with Gasteiger partial charge in [0.05, 0.1) is 7.11 Å². The molecule has 0 bridgehead atoms. The quantitative estimate of drug-likeness (QED) is 0.864. The maximum atomic E-state index is 5.50. The van der Waals surface area contributed by atoms with Crippen molar-refractivity contribution < 1.29 is 4.74 Å². The summed E-state index contributed by atoms with van der Waals surface area (Å²) in [6, 6.07) is 8.67. The molecule has 1 aliphatic heterocycles. The van der Waals surface area contributed by atoms with Crippen LogP contribution < -0.4 is 10.1 Å². The zero-order valence-electron chi connectivity index (χ0n) is 13.1. The Bertz CT molecular complexity index is 408. The number of likely N-dealkylation sites (N-methyl/N-ethyl adjacent to an activating group) is 1. The lowest BCUT2D eigenvalue weighted by Gasteiger charge is -2.35. The fraction of sp³-hybridized carbons (Fsp3) is 0.647. The number of nitrogens with zero attached hydrogens (tertiary/aromatic N) is 1. The van der Waals surface area contributed by atoms with Crippen LogP contribution in [0.3, 0.4) is 0 Å². The topological polar surface area (TPSA) is 24.5 Å². The Morgan fingerprint density at radius 2 is 2.20 bits per heavy atom. The highest BCUT2D eigenvalue weighted by Gasteiger charge is 2.22. The van der Waals surface area contributed by atoms with E-state index in [1.165, 1.54) is 37.9 Å². The first-order valence-electron chi connectivity index (χ1n) is 7.81. The van der Waals surface area contributed by atoms with Crippen molar-refractivity contribution in [3.63, 3.8) is 0 Å². The van der Waals surface area contributed by atoms with Gasteiger partial charge < -0.3 is 15.0 Å². The van der Waals surface area contributed by atoms with Crippen LogP contribution in [-0.4, -0.2) is 38.7 Å². The molecule has 0 saturated carbocycles. The predicted octanol–water partition coefficient (Wildman–Crippen LogP) is 3.08. The van der Waals surface area contributed by atoms with Crippen LogP contribution in [0.1, 0.15) is 37.8 Å². The molecule has 3 nitrogen and oxygen atoms in total. The molecule has 0 spiro atoms. The predicted molar refractivity (Wildman–Crippen MR) is 84.2 cm³/mol. The summed E-state index contributed by atoms with van der Waals surface area (Å²) in [5.74, 6) is 1.86. The fourth-order valence-corrected chi connectivity index (χ4v) is 3.21. The summed E-state index contributed by atoms with van der Waals surface area (Å²) in [5.41, 5.74) is 1.26. The van der Waals surface area contributed by atoms with Gasteiger partial charge in [0.25, 0.3) is 0 Å². The van der Waals surface area contributed by atoms with Crippen LogP contribution in [0.15, 0.2) is 24.3 Å². The Hall–Kier alpha value is -1.06. The zero-order chi connectivity index (χ0) is 14.4. The van der Waals surface area contributed by atoms with E-state index in [0.717, 1.165) is 18.2 Å². The molecule has 1 heterocycles. The Morgan fingerprint density at radius 3 is 2.90 bits per heavy atom. The Balaban J connectivity index is 2.05. The number of rotatable bonds is 6. The Morgan fingerprint density at radius 1 is 1.40 bits per heavy atom. The van der Waals surface area contributed by atoms with Crippen molar-refractivity contribution in [1.29, 1.82) is 0 Å². The number of benzene rings is 1. The van der Waals surface area contributed by atoms with E-state index in [1.54, 1.807) is 7.11 Å². The number of nitrogens with one attached hydrogen (secondary N) is 1. The highest BCUT2D eigenvalue weighted by atomic mass is 16.5. The van der Waals surface area contributed by atoms with Crippen molar-refractivity contribution in [1.82, 2.24) is 10.2 Å². The molecule has 112 valence electrons. The SMILES string of the molecule is CCC1CCCN(CC(NC)c2ccccc2OC)C1. The molecular weight excluding hydrogens is 248 g/mol. The molecule has 3 heteroatoms. The molecule has 0 radical (unpaired) electrons. The number of piperidine rings is 1. The molecule has 2 atom stereocenters. The van der Waals surface area contributed by atoms with Crippen LogP contribution in [0, 0.1) is 5.92 Å². The highest BCUT2D eigenvalue weighted by molar-refractivity contribution is 5.36. The number of hydrogen-bond donors (Lipinski definition) is 1. The highest BCUT2D eigenvalue weighted by Crippen LogP contribution is 2.27. The van der Waals surface area contributed by atoms with Crippen molar-refractivity contribution in [3.05, 3.63) is 29.8 Å². The molecule has 20 heavy (non-hydrogen) atoms. The van der Waals surface area contributed by atoms with Gasteiger partial charge in [-0.15, -0.1) is 0 Å². The van der Waals surface area contributed by atoms with Gasteiger partial charge in [0, 0.05) is 24.7 Å². The summed E-state index contributed by atoms with van der Waals surface area (Å²) in [6.45, 7) is 5.84. The van der Waals surface area contributed by atoms with E-state index < -0.39 is 0 Å². The lowest BCUT2D eigenvalue weighted by molar-refractivity contribution is 0.157. The van der Waals surface area contributed by atoms with E-state index in [-0.39, 0.29) is 0 Å². The summed E-state index contributed by atoms with van der Waals surface area (Å²) < 4.78 is 5.50. The van der Waals surface area contributed by atoms with Crippen LogP contribution in [0.25, 0.3) is 0 Å². The molecule has 0 amide bonds. The standard InChI is InChI=1S/C17H28N2O/c1-4-14-8-7-11-19(12-14)13-16(18-2)15-9-5-6-10-17(15)20-3/h5-6,9-10,14,16,18H,4,7-8,11-13H2,1-3H3. The van der Waals surface area contributed by atoms with Gasteiger partial charge in [0.1, 0.15) is 5.75 Å². The average molecular weight is 276 g/mol. The third kappa shape index (κ3) is 3.74. The number of para-hydroxylation sites is 1. The van der Waals surface area contributed by atoms with Crippen molar-refractivity contribution in [2.45, 2.75) is 32.2 Å². The molecule has 1 aliphatic rings. The first-order valence-corrected chi connectivity index (χ1v) is 7.81. The summed E-state index contributed by atoms with van der Waals surface area (Å²) >= 11 is 0. The number of ether oxygens (including phenoxy) is 1. The van der Waals surface area contributed by atoms with Crippen LogP contribution in [0.5, 0.6) is 5.75 Å². The van der Waals surface area contributed by atoms with E-state index in [1.807, 2.05) is 19.2 Å². The van der Waals surface area contributed by atoms with Gasteiger partial charge in [-0.05, 0) is 38.4 Å². The maximum absolute atomic E-state index is 5.50. The monoisotopic (exact) mass is 276 g/mol. The normalized spacial score (nSPS) is 21.6. The molecule has 1 aromatic rings. The minimum absolute atomic E-state index is 0.335. The third-order valence-corrected chi connectivity index (χ3v) is 4.48. The number of hydrogen-bond acceptors (Lipinski definition) is 3. The van der Waals surface area contributed by atoms with Gasteiger partial charge in [0.2, 0.25) is 0 Å². The number of likely N-dealkylation sites (tertiary alicyclic amines) is 1. The summed E-state index contributed by atoms with van der Waals surface area (Å²) in [4.78, 5) is 2.60. The lowest BCUT2D eigenvalue weighted by atomic mass is 9.94. The van der Waals surface area contributed by atoms with E-state index >= 15 is 0 Å². The maximum Gasteiger partial charge on any atom is 0.123 e. The first kappa shape index (κ1) is 15.3. The molecule has 2 rings (SSSR count). The molecule has 2 unspecified atom stereocenters. The molecule has 0 aliphatic carbocycles. The van der Waals surface area contributed by atoms with Gasteiger partial charge in [-0.25, -0.2) is 0 Å². The molecule has 1 N–H and O–H groups in total. The van der Waals surface area contributed by atoms with Gasteiger partial charge >= 0.3 is 0 Å². The van der Waals surface area contributed by atoms with Crippen molar-refractivity contribution >= 4 is 0 Å². The Labute approximate surface area is 123 Å². The van der Waals surface area contributed by atoms with Gasteiger partial charge in [-0.3, -0.25) is 0 Å². The van der Waals surface area contributed by atoms with E-state index in [4.69, 9.17) is 4.74 Å². The van der Waals surface area contributed by atoms with Gasteiger partial charge in [0.15, 0.2) is 0 Å². The van der Waals surface area contributed by atoms with Crippen LogP contribution in [0.2, 0.25) is 0 Å². The molecule has 1 saturated heterocycles. The van der Waals surface area contributed by atoms with E-state index in [0.29, 0.717) is 6.04 Å². The van der Waals surface area contributed by atoms with E-state index in [2.05, 4.69) is 29.3 Å². The second kappa shape index (κ2) is 7.65. The average Bonchev–Trinajstić information content (AvgIpc) is 2.52. The first-order chi connectivity index (χ1) is 9.78. The van der Waals surface area contributed by atoms with Crippen LogP contribution >= 0.6 is 0 Å². The Kier molecular flexibility index (Phi) is 5.86. The molecule has 1 aromatic carbocycles. The van der Waals surface area contributed by atoms with E-state index in [9.17, 15) is 0 Å².